The normalized spacial score (nSPS) is 25.9. The lowest BCUT2D eigenvalue weighted by Crippen LogP contribution is -2.56. The summed E-state index contributed by atoms with van der Waals surface area (Å²) in [4.78, 5) is 16.4. The molecule has 108 valence electrons. The number of aryl methyl sites for hydroxylation is 1. The first-order valence-electron chi connectivity index (χ1n) is 6.65. The van der Waals surface area contributed by atoms with Crippen molar-refractivity contribution in [2.24, 2.45) is 22.2 Å². The van der Waals surface area contributed by atoms with Gasteiger partial charge in [0, 0.05) is 18.9 Å². The SMILES string of the molecule is Cc1cnccc1CNC(=O)C1(/C(N)=N/O)CC(C)C1. The summed E-state index contributed by atoms with van der Waals surface area (Å²) in [5.74, 6) is 0.227. The van der Waals surface area contributed by atoms with Gasteiger partial charge in [0.25, 0.3) is 0 Å². The molecule has 1 fully saturated rings. The highest BCUT2D eigenvalue weighted by molar-refractivity contribution is 6.07. The van der Waals surface area contributed by atoms with Gasteiger partial charge in [0.2, 0.25) is 5.91 Å². The van der Waals surface area contributed by atoms with Crippen molar-refractivity contribution in [3.63, 3.8) is 0 Å². The van der Waals surface area contributed by atoms with E-state index in [1.165, 1.54) is 0 Å². The number of hydrogen-bond acceptors (Lipinski definition) is 4. The lowest BCUT2D eigenvalue weighted by atomic mass is 9.61. The van der Waals surface area contributed by atoms with Gasteiger partial charge in [-0.25, -0.2) is 0 Å². The molecule has 1 aromatic heterocycles. The molecule has 1 saturated carbocycles. The van der Waals surface area contributed by atoms with Gasteiger partial charge < -0.3 is 16.3 Å². The number of nitrogens with two attached hydrogens (primary N) is 1. The topological polar surface area (TPSA) is 101 Å². The number of rotatable bonds is 4. The van der Waals surface area contributed by atoms with Gasteiger partial charge in [-0.3, -0.25) is 9.78 Å². The van der Waals surface area contributed by atoms with Crippen LogP contribution in [0.4, 0.5) is 0 Å². The summed E-state index contributed by atoms with van der Waals surface area (Å²) in [6, 6.07) is 1.87. The number of carbonyl (C=O) groups is 1. The van der Waals surface area contributed by atoms with Gasteiger partial charge >= 0.3 is 0 Å². The monoisotopic (exact) mass is 276 g/mol. The van der Waals surface area contributed by atoms with Gasteiger partial charge in [0.15, 0.2) is 5.84 Å². The molecule has 1 aliphatic carbocycles. The number of oxime groups is 1. The van der Waals surface area contributed by atoms with E-state index in [1.54, 1.807) is 12.4 Å². The molecule has 2 rings (SSSR count). The van der Waals surface area contributed by atoms with Gasteiger partial charge in [-0.05, 0) is 42.9 Å². The highest BCUT2D eigenvalue weighted by Gasteiger charge is 2.52. The second-order valence-electron chi connectivity index (χ2n) is 5.57. The van der Waals surface area contributed by atoms with Crippen molar-refractivity contribution in [2.75, 3.05) is 0 Å². The van der Waals surface area contributed by atoms with Gasteiger partial charge in [-0.1, -0.05) is 12.1 Å². The zero-order valence-corrected chi connectivity index (χ0v) is 11.8. The lowest BCUT2D eigenvalue weighted by molar-refractivity contribution is -0.133. The Balaban J connectivity index is 2.06. The summed E-state index contributed by atoms with van der Waals surface area (Å²) in [6.45, 7) is 4.41. The average Bonchev–Trinajstić information content (AvgIpc) is 2.41. The maximum atomic E-state index is 12.4. The number of aromatic nitrogens is 1. The first-order chi connectivity index (χ1) is 9.49. The van der Waals surface area contributed by atoms with Crippen molar-refractivity contribution < 1.29 is 10.0 Å². The van der Waals surface area contributed by atoms with Crippen LogP contribution < -0.4 is 11.1 Å². The summed E-state index contributed by atoms with van der Waals surface area (Å²) in [7, 11) is 0. The van der Waals surface area contributed by atoms with Crippen LogP contribution in [0.1, 0.15) is 30.9 Å². The highest BCUT2D eigenvalue weighted by Crippen LogP contribution is 2.45. The van der Waals surface area contributed by atoms with Crippen LogP contribution in [0.2, 0.25) is 0 Å². The minimum atomic E-state index is -0.852. The van der Waals surface area contributed by atoms with Crippen molar-refractivity contribution in [2.45, 2.75) is 33.2 Å². The Kier molecular flexibility index (Phi) is 3.92. The fourth-order valence-electron chi connectivity index (χ4n) is 2.78. The average molecular weight is 276 g/mol. The van der Waals surface area contributed by atoms with Crippen LogP contribution in [0.5, 0.6) is 0 Å². The third kappa shape index (κ3) is 2.45. The maximum absolute atomic E-state index is 12.4. The Hall–Kier alpha value is -2.11. The molecule has 6 heteroatoms. The van der Waals surface area contributed by atoms with Crippen LogP contribution in [0.25, 0.3) is 0 Å². The number of nitrogens with zero attached hydrogens (tertiary/aromatic N) is 2. The van der Waals surface area contributed by atoms with E-state index < -0.39 is 5.41 Å². The van der Waals surface area contributed by atoms with E-state index in [4.69, 9.17) is 10.9 Å². The third-order valence-electron chi connectivity index (χ3n) is 4.00. The minimum absolute atomic E-state index is 0.000416. The van der Waals surface area contributed by atoms with Crippen LogP contribution in [0, 0.1) is 18.3 Å². The number of amides is 1. The van der Waals surface area contributed by atoms with Gasteiger partial charge in [-0.2, -0.15) is 0 Å². The summed E-state index contributed by atoms with van der Waals surface area (Å²) in [5.41, 5.74) is 6.88. The Morgan fingerprint density at radius 2 is 2.35 bits per heavy atom. The van der Waals surface area contributed by atoms with Crippen molar-refractivity contribution >= 4 is 11.7 Å². The first-order valence-corrected chi connectivity index (χ1v) is 6.65. The zero-order chi connectivity index (χ0) is 14.8. The fourth-order valence-corrected chi connectivity index (χ4v) is 2.78. The molecule has 20 heavy (non-hydrogen) atoms. The van der Waals surface area contributed by atoms with Crippen LogP contribution in [0.15, 0.2) is 23.6 Å². The van der Waals surface area contributed by atoms with Crippen molar-refractivity contribution in [3.05, 3.63) is 29.6 Å². The molecular weight excluding hydrogens is 256 g/mol. The largest absolute Gasteiger partial charge is 0.409 e. The standard InChI is InChI=1S/C14H20N4O2/c1-9-5-14(6-9,12(15)18-20)13(19)17-8-11-3-4-16-7-10(11)2/h3-4,7,9,20H,5-6,8H2,1-2H3,(H2,15,18)(H,17,19). The maximum Gasteiger partial charge on any atom is 0.234 e. The van der Waals surface area contributed by atoms with Crippen LogP contribution in [-0.4, -0.2) is 21.9 Å². The van der Waals surface area contributed by atoms with Crippen molar-refractivity contribution in [3.8, 4) is 0 Å². The van der Waals surface area contributed by atoms with Crippen LogP contribution in [-0.2, 0) is 11.3 Å². The molecule has 0 atom stereocenters. The van der Waals surface area contributed by atoms with E-state index in [9.17, 15) is 4.79 Å². The quantitative estimate of drug-likeness (QED) is 0.332. The van der Waals surface area contributed by atoms with E-state index >= 15 is 0 Å². The van der Waals surface area contributed by atoms with E-state index in [0.29, 0.717) is 25.3 Å². The third-order valence-corrected chi connectivity index (χ3v) is 4.00. The predicted molar refractivity (Wildman–Crippen MR) is 75.1 cm³/mol. The van der Waals surface area contributed by atoms with E-state index in [1.807, 2.05) is 19.9 Å². The molecule has 0 unspecified atom stereocenters. The minimum Gasteiger partial charge on any atom is -0.409 e. The van der Waals surface area contributed by atoms with Gasteiger partial charge in [0.1, 0.15) is 5.41 Å². The molecule has 0 spiro atoms. The number of amidine groups is 1. The summed E-state index contributed by atoms with van der Waals surface area (Å²) < 4.78 is 0. The molecule has 0 saturated heterocycles. The second kappa shape index (κ2) is 5.48. The molecular formula is C14H20N4O2. The molecule has 1 aromatic rings. The lowest BCUT2D eigenvalue weighted by Gasteiger charge is -2.43. The zero-order valence-electron chi connectivity index (χ0n) is 11.8. The van der Waals surface area contributed by atoms with Gasteiger partial charge in [-0.15, -0.1) is 0 Å². The van der Waals surface area contributed by atoms with Crippen molar-refractivity contribution in [1.82, 2.24) is 10.3 Å². The number of carbonyl (C=O) groups excluding carboxylic acids is 1. The fraction of sp³-hybridized carbons (Fsp3) is 0.500. The van der Waals surface area contributed by atoms with E-state index in [2.05, 4.69) is 15.5 Å². The van der Waals surface area contributed by atoms with Crippen LogP contribution in [0.3, 0.4) is 0 Å². The van der Waals surface area contributed by atoms with E-state index in [-0.39, 0.29) is 11.7 Å². The van der Waals surface area contributed by atoms with Crippen molar-refractivity contribution in [1.29, 1.82) is 0 Å². The summed E-state index contributed by atoms with van der Waals surface area (Å²) >= 11 is 0. The molecule has 1 aliphatic rings. The molecule has 1 heterocycles. The number of nitrogens with one attached hydrogen (secondary N) is 1. The molecule has 0 aliphatic heterocycles. The molecule has 1 amide bonds. The Morgan fingerprint density at radius 3 is 2.90 bits per heavy atom. The highest BCUT2D eigenvalue weighted by atomic mass is 16.4. The Bertz CT molecular complexity index is 536. The number of pyridine rings is 1. The van der Waals surface area contributed by atoms with E-state index in [0.717, 1.165) is 11.1 Å². The first kappa shape index (κ1) is 14.3. The Morgan fingerprint density at radius 1 is 1.65 bits per heavy atom. The van der Waals surface area contributed by atoms with Crippen LogP contribution >= 0.6 is 0 Å². The molecule has 0 bridgehead atoms. The second-order valence-corrected chi connectivity index (χ2v) is 5.57. The molecule has 0 aromatic carbocycles. The molecule has 4 N–H and O–H groups in total. The smallest absolute Gasteiger partial charge is 0.234 e. The molecule has 6 nitrogen and oxygen atoms in total. The summed E-state index contributed by atoms with van der Waals surface area (Å²) in [5, 5.41) is 14.8. The predicted octanol–water partition coefficient (Wildman–Crippen LogP) is 1.17. The summed E-state index contributed by atoms with van der Waals surface area (Å²) in [6.07, 6.45) is 4.68. The Labute approximate surface area is 118 Å². The molecule has 0 radical (unpaired) electrons. The van der Waals surface area contributed by atoms with Gasteiger partial charge in [0.05, 0.1) is 0 Å². The number of hydrogen-bond donors (Lipinski definition) is 3.